The fourth-order valence-electron chi connectivity index (χ4n) is 4.21. The third-order valence-corrected chi connectivity index (χ3v) is 6.03. The number of nitrogens with zero attached hydrogens (tertiary/aromatic N) is 3. The van der Waals surface area contributed by atoms with E-state index in [4.69, 9.17) is 16.0 Å². The Balaban J connectivity index is 1.62. The lowest BCUT2D eigenvalue weighted by molar-refractivity contribution is -0.136. The van der Waals surface area contributed by atoms with Crippen molar-refractivity contribution in [2.75, 3.05) is 6.54 Å². The van der Waals surface area contributed by atoms with E-state index in [9.17, 15) is 18.0 Å². The van der Waals surface area contributed by atoms with Gasteiger partial charge in [0.25, 0.3) is 5.91 Å². The van der Waals surface area contributed by atoms with Crippen molar-refractivity contribution in [2.45, 2.75) is 25.1 Å². The molecule has 1 unspecified atom stereocenters. The molecule has 5 rings (SSSR count). The van der Waals surface area contributed by atoms with Gasteiger partial charge in [-0.1, -0.05) is 41.9 Å². The number of likely N-dealkylation sites (tertiary alicyclic amines) is 1. The van der Waals surface area contributed by atoms with Crippen LogP contribution in [0.15, 0.2) is 65.4 Å². The maximum Gasteiger partial charge on any atom is 0.420 e. The molecule has 5 nitrogen and oxygen atoms in total. The van der Waals surface area contributed by atoms with E-state index in [0.29, 0.717) is 6.54 Å². The van der Waals surface area contributed by atoms with Crippen molar-refractivity contribution >= 4 is 23.2 Å². The Hall–Kier alpha value is -3.26. The van der Waals surface area contributed by atoms with Gasteiger partial charge in [0.2, 0.25) is 0 Å². The van der Waals surface area contributed by atoms with Gasteiger partial charge in [-0.15, -0.1) is 0 Å². The van der Waals surface area contributed by atoms with E-state index >= 15 is 0 Å². The highest BCUT2D eigenvalue weighted by Crippen LogP contribution is 2.38. The van der Waals surface area contributed by atoms with Gasteiger partial charge in [0.15, 0.2) is 11.3 Å². The molecule has 0 spiro atoms. The monoisotopic (exact) mass is 459 g/mol. The number of carbonyl (C=O) groups is 1. The minimum Gasteiger partial charge on any atom is -0.464 e. The molecule has 1 aliphatic heterocycles. The van der Waals surface area contributed by atoms with Gasteiger partial charge in [-0.2, -0.15) is 13.2 Å². The standard InChI is InChI=1S/C23H17ClF3N3O2/c24-20-19(22(31)29-10-4-8-17(29)14-6-2-1-3-7-14)28-21-16(23(25,26)27)12-15(13-30(20)21)18-9-5-11-32-18/h1-3,5-7,9,11-13,17H,4,8,10H2. The average Bonchev–Trinajstić information content (AvgIpc) is 3.53. The number of hydrogen-bond donors (Lipinski definition) is 0. The molecule has 0 aliphatic carbocycles. The molecule has 9 heteroatoms. The van der Waals surface area contributed by atoms with Gasteiger partial charge in [0, 0.05) is 18.3 Å². The molecule has 1 fully saturated rings. The molecule has 1 amide bonds. The zero-order chi connectivity index (χ0) is 22.5. The lowest BCUT2D eigenvalue weighted by atomic mass is 10.0. The van der Waals surface area contributed by atoms with Crippen molar-refractivity contribution in [1.29, 1.82) is 0 Å². The third kappa shape index (κ3) is 3.44. The quantitative estimate of drug-likeness (QED) is 0.364. The average molecular weight is 460 g/mol. The predicted octanol–water partition coefficient (Wildman–Crippen LogP) is 6.24. The highest BCUT2D eigenvalue weighted by molar-refractivity contribution is 6.33. The molecule has 164 valence electrons. The van der Waals surface area contributed by atoms with Crippen LogP contribution in [0.2, 0.25) is 5.15 Å². The Kier molecular flexibility index (Phi) is 4.97. The van der Waals surface area contributed by atoms with Gasteiger partial charge in [-0.05, 0) is 36.6 Å². The van der Waals surface area contributed by atoms with E-state index in [1.165, 1.54) is 12.5 Å². The van der Waals surface area contributed by atoms with E-state index in [-0.39, 0.29) is 28.2 Å². The number of hydrogen-bond acceptors (Lipinski definition) is 3. The molecule has 1 saturated heterocycles. The molecule has 0 bridgehead atoms. The van der Waals surface area contributed by atoms with Crippen LogP contribution in [0, 0.1) is 0 Å². The molecule has 1 aromatic carbocycles. The molecule has 1 atom stereocenters. The van der Waals surface area contributed by atoms with Crippen LogP contribution >= 0.6 is 11.6 Å². The number of aromatic nitrogens is 2. The van der Waals surface area contributed by atoms with Crippen molar-refractivity contribution in [2.24, 2.45) is 0 Å². The van der Waals surface area contributed by atoms with Gasteiger partial charge in [-0.3, -0.25) is 9.20 Å². The second-order valence-electron chi connectivity index (χ2n) is 7.63. The molecule has 32 heavy (non-hydrogen) atoms. The van der Waals surface area contributed by atoms with Crippen LogP contribution in [0.3, 0.4) is 0 Å². The zero-order valence-corrected chi connectivity index (χ0v) is 17.4. The van der Waals surface area contributed by atoms with E-state index in [0.717, 1.165) is 28.9 Å². The first kappa shape index (κ1) is 20.6. The SMILES string of the molecule is O=C(c1nc2c(C(F)(F)F)cc(-c3ccco3)cn2c1Cl)N1CCCC1c1ccccc1. The number of fused-ring (bicyclic) bond motifs is 1. The fourth-order valence-corrected chi connectivity index (χ4v) is 4.46. The van der Waals surface area contributed by atoms with E-state index < -0.39 is 23.3 Å². The van der Waals surface area contributed by atoms with Crippen LogP contribution in [0.1, 0.15) is 40.5 Å². The lowest BCUT2D eigenvalue weighted by Gasteiger charge is -2.24. The van der Waals surface area contributed by atoms with Crippen LogP contribution in [-0.4, -0.2) is 26.7 Å². The maximum atomic E-state index is 13.8. The normalized spacial score (nSPS) is 16.8. The summed E-state index contributed by atoms with van der Waals surface area (Å²) in [5.74, 6) is -0.239. The third-order valence-electron chi connectivity index (χ3n) is 5.67. The van der Waals surface area contributed by atoms with Crippen LogP contribution in [-0.2, 0) is 6.18 Å². The number of alkyl halides is 3. The summed E-state index contributed by atoms with van der Waals surface area (Å²) in [6, 6.07) is 13.4. The Bertz CT molecular complexity index is 1280. The number of imidazole rings is 1. The number of amides is 1. The molecular formula is C23H17ClF3N3O2. The smallest absolute Gasteiger partial charge is 0.420 e. The summed E-state index contributed by atoms with van der Waals surface area (Å²) in [5.41, 5.74) is -0.465. The van der Waals surface area contributed by atoms with Crippen LogP contribution < -0.4 is 0 Å². The molecule has 3 aromatic heterocycles. The van der Waals surface area contributed by atoms with Gasteiger partial charge < -0.3 is 9.32 Å². The second kappa shape index (κ2) is 7.70. The van der Waals surface area contributed by atoms with E-state index in [1.807, 2.05) is 30.3 Å². The molecule has 4 aromatic rings. The largest absolute Gasteiger partial charge is 0.464 e. The van der Waals surface area contributed by atoms with Gasteiger partial charge in [0.05, 0.1) is 17.9 Å². The van der Waals surface area contributed by atoms with Crippen LogP contribution in [0.25, 0.3) is 17.0 Å². The molecule has 4 heterocycles. The summed E-state index contributed by atoms with van der Waals surface area (Å²) >= 11 is 6.43. The van der Waals surface area contributed by atoms with Crippen LogP contribution in [0.4, 0.5) is 13.2 Å². The fraction of sp³-hybridized carbons (Fsp3) is 0.217. The molecule has 0 N–H and O–H groups in total. The Labute approximate surface area is 186 Å². The minimum atomic E-state index is -4.70. The zero-order valence-electron chi connectivity index (χ0n) is 16.6. The molecule has 0 radical (unpaired) electrons. The second-order valence-corrected chi connectivity index (χ2v) is 7.99. The summed E-state index contributed by atoms with van der Waals surface area (Å²) in [4.78, 5) is 19.1. The number of rotatable bonds is 3. The summed E-state index contributed by atoms with van der Waals surface area (Å²) in [5, 5.41) is -0.164. The summed E-state index contributed by atoms with van der Waals surface area (Å²) in [6.07, 6.45) is -0.383. The number of pyridine rings is 1. The first-order valence-electron chi connectivity index (χ1n) is 10.0. The molecular weight excluding hydrogens is 443 g/mol. The Morgan fingerprint density at radius 2 is 1.94 bits per heavy atom. The van der Waals surface area contributed by atoms with Crippen molar-refractivity contribution < 1.29 is 22.4 Å². The van der Waals surface area contributed by atoms with Crippen molar-refractivity contribution in [3.63, 3.8) is 0 Å². The predicted molar refractivity (Wildman–Crippen MR) is 112 cm³/mol. The topological polar surface area (TPSA) is 50.8 Å². The lowest BCUT2D eigenvalue weighted by Crippen LogP contribution is -2.31. The summed E-state index contributed by atoms with van der Waals surface area (Å²) in [6.45, 7) is 0.479. The van der Waals surface area contributed by atoms with Crippen LogP contribution in [0.5, 0.6) is 0 Å². The summed E-state index contributed by atoms with van der Waals surface area (Å²) < 4.78 is 47.9. The van der Waals surface area contributed by atoms with E-state index in [1.54, 1.807) is 17.0 Å². The maximum absolute atomic E-state index is 13.8. The van der Waals surface area contributed by atoms with Gasteiger partial charge >= 0.3 is 6.18 Å². The number of carbonyl (C=O) groups excluding carboxylic acids is 1. The highest BCUT2D eigenvalue weighted by Gasteiger charge is 2.38. The van der Waals surface area contributed by atoms with Crippen molar-refractivity contribution in [3.8, 4) is 11.3 Å². The van der Waals surface area contributed by atoms with Gasteiger partial charge in [0.1, 0.15) is 10.9 Å². The minimum absolute atomic E-state index is 0.164. The highest BCUT2D eigenvalue weighted by atomic mass is 35.5. The van der Waals surface area contributed by atoms with Crippen molar-refractivity contribution in [1.82, 2.24) is 14.3 Å². The number of halogens is 4. The van der Waals surface area contributed by atoms with E-state index in [2.05, 4.69) is 4.98 Å². The van der Waals surface area contributed by atoms with Gasteiger partial charge in [-0.25, -0.2) is 4.98 Å². The first-order valence-corrected chi connectivity index (χ1v) is 10.4. The number of benzene rings is 1. The molecule has 1 aliphatic rings. The van der Waals surface area contributed by atoms with Crippen molar-refractivity contribution in [3.05, 3.63) is 83.0 Å². The first-order chi connectivity index (χ1) is 15.3. The Morgan fingerprint density at radius 3 is 2.62 bits per heavy atom. The molecule has 0 saturated carbocycles. The summed E-state index contributed by atoms with van der Waals surface area (Å²) in [7, 11) is 0. The number of furan rings is 1. The Morgan fingerprint density at radius 1 is 1.16 bits per heavy atom.